The number of amides is 1. The van der Waals surface area contributed by atoms with Gasteiger partial charge in [0.1, 0.15) is 0 Å². The smallest absolute Gasteiger partial charge is 0.234 e. The fraction of sp³-hybridized carbons (Fsp3) is 0.192. The van der Waals surface area contributed by atoms with Crippen molar-refractivity contribution in [1.29, 1.82) is 0 Å². The minimum absolute atomic E-state index is 0.0984. The van der Waals surface area contributed by atoms with E-state index in [1.165, 1.54) is 17.3 Å². The quantitative estimate of drug-likeness (QED) is 0.287. The third kappa shape index (κ3) is 5.79. The van der Waals surface area contributed by atoms with Crippen LogP contribution in [-0.2, 0) is 11.3 Å². The van der Waals surface area contributed by atoms with Crippen LogP contribution in [0.15, 0.2) is 71.9 Å². The highest BCUT2D eigenvalue weighted by atomic mass is 35.5. The molecule has 1 heterocycles. The number of carbonyl (C=O) groups excluding carboxylic acids is 1. The summed E-state index contributed by atoms with van der Waals surface area (Å²) in [4.78, 5) is 12.7. The average Bonchev–Trinajstić information content (AvgIpc) is 3.23. The van der Waals surface area contributed by atoms with Gasteiger partial charge in [-0.3, -0.25) is 9.36 Å². The molecule has 8 heteroatoms. The van der Waals surface area contributed by atoms with E-state index in [2.05, 4.69) is 39.9 Å². The van der Waals surface area contributed by atoms with E-state index in [-0.39, 0.29) is 11.7 Å². The first-order valence-corrected chi connectivity index (χ1v) is 12.3. The zero-order chi connectivity index (χ0) is 24.1. The minimum Gasteiger partial charge on any atom is -0.378 e. The van der Waals surface area contributed by atoms with Gasteiger partial charge in [0.15, 0.2) is 11.0 Å². The van der Waals surface area contributed by atoms with E-state index in [4.69, 9.17) is 11.6 Å². The van der Waals surface area contributed by atoms with Crippen LogP contribution in [0.3, 0.4) is 0 Å². The molecule has 34 heavy (non-hydrogen) atoms. The summed E-state index contributed by atoms with van der Waals surface area (Å²) < 4.78 is 1.93. The molecule has 0 fully saturated rings. The number of aromatic nitrogens is 3. The molecule has 0 radical (unpaired) electrons. The van der Waals surface area contributed by atoms with Crippen LogP contribution in [0.25, 0.3) is 5.69 Å². The van der Waals surface area contributed by atoms with Gasteiger partial charge in [-0.2, -0.15) is 0 Å². The van der Waals surface area contributed by atoms with Crippen molar-refractivity contribution in [3.8, 4) is 5.69 Å². The Morgan fingerprint density at radius 2 is 1.76 bits per heavy atom. The van der Waals surface area contributed by atoms with Crippen molar-refractivity contribution in [2.24, 2.45) is 0 Å². The summed E-state index contributed by atoms with van der Waals surface area (Å²) in [5.41, 5.74) is 6.06. The Balaban J connectivity index is 1.52. The highest BCUT2D eigenvalue weighted by molar-refractivity contribution is 7.99. The standard InChI is InChI=1S/C26H26ClN5OS/c1-17-10-12-21(13-11-17)28-15-24-30-31-26(32(24)22-8-5-7-20(27)14-22)34-16-25(33)29-23-9-4-6-18(2)19(23)3/h4-14,28H,15-16H2,1-3H3,(H,29,33). The van der Waals surface area contributed by atoms with Crippen molar-refractivity contribution < 1.29 is 4.79 Å². The van der Waals surface area contributed by atoms with Gasteiger partial charge in [-0.1, -0.05) is 59.3 Å². The Bertz CT molecular complexity index is 1300. The van der Waals surface area contributed by atoms with Crippen LogP contribution in [0.2, 0.25) is 5.02 Å². The molecule has 1 aromatic heterocycles. The normalized spacial score (nSPS) is 10.8. The predicted molar refractivity (Wildman–Crippen MR) is 140 cm³/mol. The lowest BCUT2D eigenvalue weighted by Crippen LogP contribution is -2.16. The van der Waals surface area contributed by atoms with Gasteiger partial charge in [-0.05, 0) is 68.3 Å². The highest BCUT2D eigenvalue weighted by Gasteiger charge is 2.17. The molecule has 0 aliphatic rings. The molecule has 174 valence electrons. The van der Waals surface area contributed by atoms with Crippen LogP contribution < -0.4 is 10.6 Å². The Kier molecular flexibility index (Phi) is 7.55. The summed E-state index contributed by atoms with van der Waals surface area (Å²) >= 11 is 7.59. The van der Waals surface area contributed by atoms with Crippen molar-refractivity contribution in [2.45, 2.75) is 32.5 Å². The van der Waals surface area contributed by atoms with Gasteiger partial charge in [0.25, 0.3) is 0 Å². The molecule has 0 aliphatic heterocycles. The van der Waals surface area contributed by atoms with Crippen LogP contribution >= 0.6 is 23.4 Å². The first kappa shape index (κ1) is 23.9. The summed E-state index contributed by atoms with van der Waals surface area (Å²) in [6, 6.07) is 21.6. The third-order valence-corrected chi connectivity index (χ3v) is 6.64. The number of hydrogen-bond acceptors (Lipinski definition) is 5. The fourth-order valence-electron chi connectivity index (χ4n) is 3.44. The first-order chi connectivity index (χ1) is 16.4. The highest BCUT2D eigenvalue weighted by Crippen LogP contribution is 2.25. The lowest BCUT2D eigenvalue weighted by Gasteiger charge is -2.13. The molecule has 6 nitrogen and oxygen atoms in total. The number of aryl methyl sites for hydroxylation is 2. The Morgan fingerprint density at radius 3 is 2.53 bits per heavy atom. The van der Waals surface area contributed by atoms with Gasteiger partial charge in [0.05, 0.1) is 18.0 Å². The Morgan fingerprint density at radius 1 is 1.00 bits per heavy atom. The monoisotopic (exact) mass is 491 g/mol. The van der Waals surface area contributed by atoms with E-state index in [1.54, 1.807) is 0 Å². The molecule has 4 rings (SSSR count). The number of anilines is 2. The molecular weight excluding hydrogens is 466 g/mol. The van der Waals surface area contributed by atoms with Gasteiger partial charge in [0.2, 0.25) is 5.91 Å². The second-order valence-electron chi connectivity index (χ2n) is 8.02. The minimum atomic E-state index is -0.0984. The summed E-state index contributed by atoms with van der Waals surface area (Å²) in [5, 5.41) is 16.4. The zero-order valence-electron chi connectivity index (χ0n) is 19.3. The number of carbonyl (C=O) groups is 1. The Hall–Kier alpha value is -3.29. The molecule has 4 aromatic rings. The van der Waals surface area contributed by atoms with Crippen molar-refractivity contribution in [3.05, 3.63) is 94.3 Å². The van der Waals surface area contributed by atoms with Crippen LogP contribution in [0, 0.1) is 20.8 Å². The van der Waals surface area contributed by atoms with E-state index >= 15 is 0 Å². The van der Waals surface area contributed by atoms with Crippen molar-refractivity contribution in [3.63, 3.8) is 0 Å². The number of hydrogen-bond donors (Lipinski definition) is 2. The van der Waals surface area contributed by atoms with Gasteiger partial charge < -0.3 is 10.6 Å². The molecule has 0 aliphatic carbocycles. The maximum Gasteiger partial charge on any atom is 0.234 e. The molecule has 0 saturated heterocycles. The molecule has 0 unspecified atom stereocenters. The van der Waals surface area contributed by atoms with E-state index in [0.717, 1.165) is 34.0 Å². The number of benzene rings is 3. The number of halogens is 1. The number of rotatable bonds is 8. The SMILES string of the molecule is Cc1ccc(NCc2nnc(SCC(=O)Nc3cccc(C)c3C)n2-c2cccc(Cl)c2)cc1. The number of nitrogens with zero attached hydrogens (tertiary/aromatic N) is 3. The first-order valence-electron chi connectivity index (χ1n) is 10.9. The molecule has 2 N–H and O–H groups in total. The summed E-state index contributed by atoms with van der Waals surface area (Å²) in [6.07, 6.45) is 0. The fourth-order valence-corrected chi connectivity index (χ4v) is 4.39. The van der Waals surface area contributed by atoms with E-state index in [1.807, 2.05) is 73.0 Å². The second-order valence-corrected chi connectivity index (χ2v) is 9.40. The third-order valence-electron chi connectivity index (χ3n) is 5.48. The molecule has 3 aromatic carbocycles. The van der Waals surface area contributed by atoms with E-state index < -0.39 is 0 Å². The van der Waals surface area contributed by atoms with Crippen molar-refractivity contribution in [2.75, 3.05) is 16.4 Å². The zero-order valence-corrected chi connectivity index (χ0v) is 20.9. The lowest BCUT2D eigenvalue weighted by molar-refractivity contribution is -0.113. The average molecular weight is 492 g/mol. The lowest BCUT2D eigenvalue weighted by atomic mass is 10.1. The van der Waals surface area contributed by atoms with Gasteiger partial charge >= 0.3 is 0 Å². The van der Waals surface area contributed by atoms with Crippen LogP contribution in [0.1, 0.15) is 22.5 Å². The largest absolute Gasteiger partial charge is 0.378 e. The maximum absolute atomic E-state index is 12.7. The topological polar surface area (TPSA) is 71.8 Å². The molecule has 0 saturated carbocycles. The van der Waals surface area contributed by atoms with Crippen molar-refractivity contribution >= 4 is 40.6 Å². The number of thioether (sulfide) groups is 1. The van der Waals surface area contributed by atoms with Crippen LogP contribution in [0.4, 0.5) is 11.4 Å². The molecule has 0 atom stereocenters. The molecule has 0 spiro atoms. The van der Waals surface area contributed by atoms with Crippen LogP contribution in [-0.4, -0.2) is 26.4 Å². The van der Waals surface area contributed by atoms with Gasteiger partial charge in [0, 0.05) is 16.4 Å². The molecule has 1 amide bonds. The van der Waals surface area contributed by atoms with Gasteiger partial charge in [-0.15, -0.1) is 10.2 Å². The number of nitrogens with one attached hydrogen (secondary N) is 2. The summed E-state index contributed by atoms with van der Waals surface area (Å²) in [7, 11) is 0. The Labute approximate surface area is 208 Å². The summed E-state index contributed by atoms with van der Waals surface area (Å²) in [6.45, 7) is 6.55. The van der Waals surface area contributed by atoms with E-state index in [0.29, 0.717) is 16.7 Å². The van der Waals surface area contributed by atoms with Crippen molar-refractivity contribution in [1.82, 2.24) is 14.8 Å². The molecule has 0 bridgehead atoms. The summed E-state index contributed by atoms with van der Waals surface area (Å²) in [5.74, 6) is 0.830. The predicted octanol–water partition coefficient (Wildman–Crippen LogP) is 6.19. The van der Waals surface area contributed by atoms with Crippen LogP contribution in [0.5, 0.6) is 0 Å². The maximum atomic E-state index is 12.7. The van der Waals surface area contributed by atoms with E-state index in [9.17, 15) is 4.79 Å². The molecular formula is C26H26ClN5OS. The second kappa shape index (κ2) is 10.8. The van der Waals surface area contributed by atoms with Gasteiger partial charge in [-0.25, -0.2) is 0 Å².